The van der Waals surface area contributed by atoms with Gasteiger partial charge in [-0.3, -0.25) is 4.79 Å². The molecule has 0 aromatic heterocycles. The highest BCUT2D eigenvalue weighted by molar-refractivity contribution is 6.35. The van der Waals surface area contributed by atoms with Gasteiger partial charge in [-0.2, -0.15) is 0 Å². The summed E-state index contributed by atoms with van der Waals surface area (Å²) in [6, 6.07) is 5.20. The maximum Gasteiger partial charge on any atom is 0.260 e. The Morgan fingerprint density at radius 3 is 2.65 bits per heavy atom. The van der Waals surface area contributed by atoms with Crippen LogP contribution in [-0.2, 0) is 4.79 Å². The summed E-state index contributed by atoms with van der Waals surface area (Å²) < 4.78 is 5.68. The van der Waals surface area contributed by atoms with Crippen LogP contribution in [0.1, 0.15) is 39.5 Å². The Morgan fingerprint density at radius 2 is 2.04 bits per heavy atom. The van der Waals surface area contributed by atoms with Crippen molar-refractivity contribution in [3.8, 4) is 5.75 Å². The fourth-order valence-corrected chi connectivity index (χ4v) is 4.62. The zero-order valence-electron chi connectivity index (χ0n) is 13.5. The number of hydrogen-bond donors (Lipinski definition) is 1. The van der Waals surface area contributed by atoms with Crippen molar-refractivity contribution in [3.63, 3.8) is 0 Å². The third kappa shape index (κ3) is 3.77. The second kappa shape index (κ2) is 6.90. The van der Waals surface area contributed by atoms with Gasteiger partial charge in [0.2, 0.25) is 0 Å². The summed E-state index contributed by atoms with van der Waals surface area (Å²) in [4.78, 5) is 12.4. The normalized spacial score (nSPS) is 28.4. The molecule has 2 fully saturated rings. The van der Waals surface area contributed by atoms with Gasteiger partial charge in [0.15, 0.2) is 6.10 Å². The second-order valence-corrected chi connectivity index (χ2v) is 7.81. The predicted molar refractivity (Wildman–Crippen MR) is 93.1 cm³/mol. The van der Waals surface area contributed by atoms with Crippen molar-refractivity contribution in [2.75, 3.05) is 0 Å². The van der Waals surface area contributed by atoms with Gasteiger partial charge in [0.1, 0.15) is 5.75 Å². The molecule has 2 saturated carbocycles. The van der Waals surface area contributed by atoms with E-state index in [-0.39, 0.29) is 11.9 Å². The molecule has 5 atom stereocenters. The first-order chi connectivity index (χ1) is 10.9. The van der Waals surface area contributed by atoms with Crippen molar-refractivity contribution in [1.29, 1.82) is 0 Å². The molecule has 0 spiro atoms. The lowest BCUT2D eigenvalue weighted by atomic mass is 9.84. The molecule has 0 heterocycles. The van der Waals surface area contributed by atoms with Crippen LogP contribution >= 0.6 is 23.2 Å². The monoisotopic (exact) mass is 355 g/mol. The molecule has 23 heavy (non-hydrogen) atoms. The Kier molecular flexibility index (Phi) is 5.07. The molecule has 1 N–H and O–H groups in total. The van der Waals surface area contributed by atoms with E-state index in [2.05, 4.69) is 12.2 Å². The highest BCUT2D eigenvalue weighted by Crippen LogP contribution is 2.49. The summed E-state index contributed by atoms with van der Waals surface area (Å²) in [6.45, 7) is 3.86. The van der Waals surface area contributed by atoms with Crippen LogP contribution in [0.15, 0.2) is 18.2 Å². The summed E-state index contributed by atoms with van der Waals surface area (Å²) in [7, 11) is 0. The predicted octanol–water partition coefficient (Wildman–Crippen LogP) is 4.70. The number of benzene rings is 1. The zero-order chi connectivity index (χ0) is 16.6. The Hall–Kier alpha value is -0.930. The third-order valence-electron chi connectivity index (χ3n) is 5.37. The average Bonchev–Trinajstić information content (AvgIpc) is 3.12. The van der Waals surface area contributed by atoms with Gasteiger partial charge in [-0.25, -0.2) is 0 Å². The van der Waals surface area contributed by atoms with Crippen LogP contribution in [0.2, 0.25) is 10.0 Å². The summed E-state index contributed by atoms with van der Waals surface area (Å²) in [5.41, 5.74) is 0. The minimum Gasteiger partial charge on any atom is -0.479 e. The summed E-state index contributed by atoms with van der Waals surface area (Å²) in [5, 5.41) is 4.09. The largest absolute Gasteiger partial charge is 0.479 e. The van der Waals surface area contributed by atoms with Crippen LogP contribution in [-0.4, -0.2) is 18.1 Å². The van der Waals surface area contributed by atoms with E-state index in [1.165, 1.54) is 25.7 Å². The van der Waals surface area contributed by atoms with Crippen molar-refractivity contribution in [1.82, 2.24) is 5.32 Å². The minimum atomic E-state index is -0.588. The molecule has 2 bridgehead atoms. The van der Waals surface area contributed by atoms with Crippen molar-refractivity contribution >= 4 is 29.1 Å². The molecule has 126 valence electrons. The van der Waals surface area contributed by atoms with E-state index in [4.69, 9.17) is 27.9 Å². The van der Waals surface area contributed by atoms with Crippen molar-refractivity contribution in [2.24, 2.45) is 17.8 Å². The Bertz CT molecular complexity index is 592. The fourth-order valence-electron chi connectivity index (χ4n) is 4.17. The molecule has 2 aliphatic rings. The van der Waals surface area contributed by atoms with Crippen LogP contribution in [0.4, 0.5) is 0 Å². The van der Waals surface area contributed by atoms with Crippen LogP contribution in [0.5, 0.6) is 5.75 Å². The van der Waals surface area contributed by atoms with Gasteiger partial charge >= 0.3 is 0 Å². The lowest BCUT2D eigenvalue weighted by Gasteiger charge is -2.29. The van der Waals surface area contributed by atoms with Gasteiger partial charge in [-0.1, -0.05) is 29.6 Å². The Morgan fingerprint density at radius 1 is 1.26 bits per heavy atom. The van der Waals surface area contributed by atoms with Gasteiger partial charge in [0.05, 0.1) is 5.02 Å². The molecular formula is C18H23Cl2NO2. The first-order valence-corrected chi connectivity index (χ1v) is 9.11. The van der Waals surface area contributed by atoms with Gasteiger partial charge in [-0.05, 0) is 69.1 Å². The molecule has 5 unspecified atom stereocenters. The smallest absolute Gasteiger partial charge is 0.260 e. The van der Waals surface area contributed by atoms with E-state index < -0.39 is 6.10 Å². The second-order valence-electron chi connectivity index (χ2n) is 6.97. The molecule has 0 saturated heterocycles. The SMILES string of the molecule is CC(Oc1ccc(Cl)cc1Cl)C(=O)NC(C)C1CC2CCC1C2. The van der Waals surface area contributed by atoms with Crippen molar-refractivity contribution in [2.45, 2.75) is 51.7 Å². The number of carbonyl (C=O) groups is 1. The molecule has 2 aliphatic carbocycles. The fraction of sp³-hybridized carbons (Fsp3) is 0.611. The van der Waals surface area contributed by atoms with E-state index in [0.717, 1.165) is 11.8 Å². The molecule has 1 aromatic rings. The van der Waals surface area contributed by atoms with Crippen LogP contribution in [0, 0.1) is 17.8 Å². The van der Waals surface area contributed by atoms with E-state index in [0.29, 0.717) is 21.7 Å². The molecule has 3 nitrogen and oxygen atoms in total. The first kappa shape index (κ1) is 16.9. The molecule has 5 heteroatoms. The Balaban J connectivity index is 1.55. The van der Waals surface area contributed by atoms with Gasteiger partial charge in [0.25, 0.3) is 5.91 Å². The quantitative estimate of drug-likeness (QED) is 0.830. The molecule has 0 aliphatic heterocycles. The van der Waals surface area contributed by atoms with Gasteiger partial charge in [-0.15, -0.1) is 0 Å². The molecule has 1 aromatic carbocycles. The number of ether oxygens (including phenoxy) is 1. The van der Waals surface area contributed by atoms with Crippen LogP contribution in [0.3, 0.4) is 0 Å². The number of nitrogens with one attached hydrogen (secondary N) is 1. The number of rotatable bonds is 5. The van der Waals surface area contributed by atoms with E-state index in [1.54, 1.807) is 25.1 Å². The maximum absolute atomic E-state index is 12.4. The minimum absolute atomic E-state index is 0.0914. The highest BCUT2D eigenvalue weighted by Gasteiger charge is 2.42. The van der Waals surface area contributed by atoms with Crippen molar-refractivity contribution < 1.29 is 9.53 Å². The van der Waals surface area contributed by atoms with E-state index >= 15 is 0 Å². The molecule has 1 amide bonds. The number of halogens is 2. The number of hydrogen-bond acceptors (Lipinski definition) is 2. The standard InChI is InChI=1S/C18H23Cl2NO2/c1-10(15-8-12-3-4-13(15)7-12)21-18(22)11(2)23-17-6-5-14(19)9-16(17)20/h5-6,9-13,15H,3-4,7-8H2,1-2H3,(H,21,22). The average molecular weight is 356 g/mol. The summed E-state index contributed by atoms with van der Waals surface area (Å²) >= 11 is 12.0. The van der Waals surface area contributed by atoms with E-state index in [1.807, 2.05) is 0 Å². The summed E-state index contributed by atoms with van der Waals surface area (Å²) in [6.07, 6.45) is 4.70. The highest BCUT2D eigenvalue weighted by atomic mass is 35.5. The number of carbonyl (C=O) groups excluding carboxylic acids is 1. The lowest BCUT2D eigenvalue weighted by Crippen LogP contribution is -2.45. The lowest BCUT2D eigenvalue weighted by molar-refractivity contribution is -0.128. The van der Waals surface area contributed by atoms with Gasteiger partial charge in [0, 0.05) is 11.1 Å². The number of fused-ring (bicyclic) bond motifs is 2. The first-order valence-electron chi connectivity index (χ1n) is 8.36. The van der Waals surface area contributed by atoms with Crippen molar-refractivity contribution in [3.05, 3.63) is 28.2 Å². The Labute approximate surface area is 147 Å². The van der Waals surface area contributed by atoms with Gasteiger partial charge < -0.3 is 10.1 Å². The molecule has 3 rings (SSSR count). The van der Waals surface area contributed by atoms with Crippen LogP contribution in [0.25, 0.3) is 0 Å². The van der Waals surface area contributed by atoms with Crippen LogP contribution < -0.4 is 10.1 Å². The molecule has 0 radical (unpaired) electrons. The zero-order valence-corrected chi connectivity index (χ0v) is 15.0. The maximum atomic E-state index is 12.4. The molecular weight excluding hydrogens is 333 g/mol. The van der Waals surface area contributed by atoms with E-state index in [9.17, 15) is 4.79 Å². The topological polar surface area (TPSA) is 38.3 Å². The number of amides is 1. The summed E-state index contributed by atoms with van der Waals surface area (Å²) in [5.74, 6) is 2.67. The third-order valence-corrected chi connectivity index (χ3v) is 5.90.